The van der Waals surface area contributed by atoms with Crippen molar-refractivity contribution in [3.05, 3.63) is 48.2 Å². The normalized spacial score (nSPS) is 24.6. The average molecular weight is 1000 g/mol. The summed E-state index contributed by atoms with van der Waals surface area (Å²) in [5.74, 6) is -11.5. The van der Waals surface area contributed by atoms with Gasteiger partial charge in [-0.05, 0) is 51.5 Å². The van der Waals surface area contributed by atoms with E-state index in [0.717, 1.165) is 21.6 Å². The molecule has 1 saturated heterocycles. The minimum atomic E-state index is -1.89. The Labute approximate surface area is 415 Å². The molecule has 1 fully saturated rings. The monoisotopic (exact) mass is 1000 g/mol. The zero-order chi connectivity index (χ0) is 54.2. The van der Waals surface area contributed by atoms with E-state index in [1.807, 2.05) is 6.92 Å². The van der Waals surface area contributed by atoms with E-state index in [4.69, 9.17) is 23.7 Å². The van der Waals surface area contributed by atoms with Crippen LogP contribution in [0.4, 0.5) is 0 Å². The third kappa shape index (κ3) is 16.9. The second kappa shape index (κ2) is 27.8. The summed E-state index contributed by atoms with van der Waals surface area (Å²) in [6.07, 6.45) is -8.76. The maximum Gasteiger partial charge on any atom is 0.350 e. The van der Waals surface area contributed by atoms with Crippen molar-refractivity contribution in [2.45, 2.75) is 162 Å². The van der Waals surface area contributed by atoms with Crippen LogP contribution in [0, 0.1) is 11.8 Å². The molecule has 0 bridgehead atoms. The van der Waals surface area contributed by atoms with Crippen molar-refractivity contribution in [2.24, 2.45) is 11.8 Å². The first kappa shape index (κ1) is 60.7. The van der Waals surface area contributed by atoms with Crippen molar-refractivity contribution in [3.63, 3.8) is 0 Å². The number of benzene rings is 1. The molecule has 1 aromatic carbocycles. The fourth-order valence-electron chi connectivity index (χ4n) is 7.27. The predicted molar refractivity (Wildman–Crippen MR) is 255 cm³/mol. The number of unbranched alkanes of at least 4 members (excludes halogenated alkanes) is 1. The van der Waals surface area contributed by atoms with Gasteiger partial charge in [-0.25, -0.2) is 14.4 Å². The van der Waals surface area contributed by atoms with Crippen LogP contribution >= 0.6 is 0 Å². The Morgan fingerprint density at radius 3 is 1.97 bits per heavy atom. The van der Waals surface area contributed by atoms with Crippen LogP contribution in [-0.4, -0.2) is 174 Å². The molecule has 1 heterocycles. The second-order valence-electron chi connectivity index (χ2n) is 18.3. The molecule has 6 amide bonds. The van der Waals surface area contributed by atoms with Gasteiger partial charge in [-0.2, -0.15) is 0 Å². The van der Waals surface area contributed by atoms with Crippen molar-refractivity contribution in [1.29, 1.82) is 0 Å². The Morgan fingerprint density at radius 2 is 1.44 bits per heavy atom. The number of aliphatic hydroxyl groups excluding tert-OH is 1. The highest BCUT2D eigenvalue weighted by atomic mass is 16.6. The van der Waals surface area contributed by atoms with Gasteiger partial charge >= 0.3 is 23.9 Å². The standard InChI is InChI=1S/C49H74N6O16/c1-16-17-23-35(57)70-41(39(58)25(2)3)49(66)71-40(26(4)5)37-46(63)55(14)38(31(10)67-15)48(65)68-30(9)36(51-32(11)56)47(64)69-34(24-33-21-19-18-20-22-33)45(62)54(13)28(7)42(59)50-27(6)44(61)53(12)29(8)43(60)52-37/h18-22,25-27,29-31,34,36-41,58H,7,16-17,23-24H2,1-6,8-15H3,(H,50,59)(H,51,56)(H,52,60)/t27-,29-,30+,31+,34+,36-,37-,38?,39+,40+,41?/m0/s1. The maximum atomic E-state index is 15.0. The van der Waals surface area contributed by atoms with Gasteiger partial charge in [0.25, 0.3) is 11.8 Å². The van der Waals surface area contributed by atoms with Crippen LogP contribution in [-0.2, 0) is 78.1 Å². The number of amides is 6. The van der Waals surface area contributed by atoms with E-state index in [0.29, 0.717) is 18.4 Å². The number of likely N-dealkylation sites (N-methyl/N-ethyl adjacent to an activating group) is 3. The number of esters is 4. The lowest BCUT2D eigenvalue weighted by Crippen LogP contribution is -2.63. The first-order chi connectivity index (χ1) is 33.1. The number of aliphatic hydroxyl groups is 1. The minimum Gasteiger partial charge on any atom is -0.458 e. The molecule has 11 atom stereocenters. The number of carbonyl (C=O) groups is 10. The van der Waals surface area contributed by atoms with E-state index in [-0.39, 0.29) is 12.8 Å². The summed E-state index contributed by atoms with van der Waals surface area (Å²) >= 11 is 0. The number of rotatable bonds is 15. The summed E-state index contributed by atoms with van der Waals surface area (Å²) in [4.78, 5) is 141. The maximum absolute atomic E-state index is 15.0. The lowest BCUT2D eigenvalue weighted by molar-refractivity contribution is -0.185. The van der Waals surface area contributed by atoms with Crippen LogP contribution in [0.2, 0.25) is 0 Å². The van der Waals surface area contributed by atoms with E-state index < -0.39 is 144 Å². The van der Waals surface area contributed by atoms with Crippen molar-refractivity contribution < 1.29 is 76.7 Å². The van der Waals surface area contributed by atoms with Crippen LogP contribution in [0.1, 0.15) is 94.1 Å². The molecule has 2 unspecified atom stereocenters. The second-order valence-corrected chi connectivity index (χ2v) is 18.3. The van der Waals surface area contributed by atoms with Crippen molar-refractivity contribution in [2.75, 3.05) is 28.3 Å². The smallest absolute Gasteiger partial charge is 0.350 e. The Kier molecular flexibility index (Phi) is 23.8. The van der Waals surface area contributed by atoms with Crippen LogP contribution < -0.4 is 16.0 Å². The molecule has 0 radical (unpaired) electrons. The molecule has 1 aliphatic heterocycles. The summed E-state index contributed by atoms with van der Waals surface area (Å²) in [6.45, 7) is 18.1. The molecule has 22 nitrogen and oxygen atoms in total. The van der Waals surface area contributed by atoms with Gasteiger partial charge in [0, 0.05) is 48.0 Å². The Morgan fingerprint density at radius 1 is 0.831 bits per heavy atom. The highest BCUT2D eigenvalue weighted by Gasteiger charge is 2.46. The molecule has 1 aliphatic rings. The number of methoxy groups -OCH3 is 1. The fourth-order valence-corrected chi connectivity index (χ4v) is 7.27. The van der Waals surface area contributed by atoms with E-state index in [1.165, 1.54) is 55.9 Å². The van der Waals surface area contributed by atoms with Gasteiger partial charge in [-0.1, -0.05) is 78.0 Å². The number of ether oxygens (including phenoxy) is 5. The van der Waals surface area contributed by atoms with Gasteiger partial charge in [-0.15, -0.1) is 0 Å². The fraction of sp³-hybridized carbons (Fsp3) is 0.633. The van der Waals surface area contributed by atoms with Gasteiger partial charge in [0.1, 0.15) is 42.1 Å². The van der Waals surface area contributed by atoms with Crippen LogP contribution in [0.5, 0.6) is 0 Å². The summed E-state index contributed by atoms with van der Waals surface area (Å²) in [7, 11) is 4.83. The summed E-state index contributed by atoms with van der Waals surface area (Å²) in [5, 5.41) is 18.5. The number of nitrogens with zero attached hydrogens (tertiary/aromatic N) is 3. The molecule has 0 spiro atoms. The lowest BCUT2D eigenvalue weighted by atomic mass is 9.96. The van der Waals surface area contributed by atoms with Crippen molar-refractivity contribution in [1.82, 2.24) is 30.7 Å². The molecule has 0 aliphatic carbocycles. The molecule has 396 valence electrons. The van der Waals surface area contributed by atoms with E-state index >= 15 is 4.79 Å². The van der Waals surface area contributed by atoms with Crippen molar-refractivity contribution in [3.8, 4) is 0 Å². The summed E-state index contributed by atoms with van der Waals surface area (Å²) in [5.41, 5.74) is 0.0483. The van der Waals surface area contributed by atoms with Crippen LogP contribution in [0.25, 0.3) is 0 Å². The zero-order valence-electron chi connectivity index (χ0n) is 43.3. The van der Waals surface area contributed by atoms with E-state index in [1.54, 1.807) is 58.0 Å². The lowest BCUT2D eigenvalue weighted by Gasteiger charge is -2.38. The molecule has 4 N–H and O–H groups in total. The average Bonchev–Trinajstić information content (AvgIpc) is 3.32. The third-order valence-corrected chi connectivity index (χ3v) is 12.0. The molecule has 71 heavy (non-hydrogen) atoms. The molecular weight excluding hydrogens is 929 g/mol. The van der Waals surface area contributed by atoms with Crippen LogP contribution in [0.3, 0.4) is 0 Å². The van der Waals surface area contributed by atoms with E-state index in [2.05, 4.69) is 22.5 Å². The van der Waals surface area contributed by atoms with Gasteiger partial charge in [0.15, 0.2) is 18.2 Å². The van der Waals surface area contributed by atoms with E-state index in [9.17, 15) is 48.3 Å². The van der Waals surface area contributed by atoms with Gasteiger partial charge in [0.05, 0.1) is 6.10 Å². The highest BCUT2D eigenvalue weighted by molar-refractivity contribution is 6.01. The Hall–Kier alpha value is -6.42. The molecule has 1 aromatic rings. The number of carbonyl (C=O) groups excluding carboxylic acids is 10. The first-order valence-electron chi connectivity index (χ1n) is 23.5. The van der Waals surface area contributed by atoms with Crippen molar-refractivity contribution >= 4 is 59.3 Å². The largest absolute Gasteiger partial charge is 0.458 e. The number of cyclic esters (lactones) is 2. The van der Waals surface area contributed by atoms with Gasteiger partial charge < -0.3 is 59.4 Å². The zero-order valence-corrected chi connectivity index (χ0v) is 43.3. The number of hydrogen-bond donors (Lipinski definition) is 4. The molecular formula is C49H74N6O16. The predicted octanol–water partition coefficient (Wildman–Crippen LogP) is 0.948. The number of nitrogens with one attached hydrogen (secondary N) is 3. The third-order valence-electron chi connectivity index (χ3n) is 12.0. The minimum absolute atomic E-state index is 0.0755. The highest BCUT2D eigenvalue weighted by Crippen LogP contribution is 2.23. The first-order valence-corrected chi connectivity index (χ1v) is 23.5. The summed E-state index contributed by atoms with van der Waals surface area (Å²) < 4.78 is 28.4. The SMILES string of the molecule is C=C1C(=O)N[C@@H](C)C(=O)N(C)[C@@H](C)C(=O)N[C@@H]([C@H](OC(=O)C(OC(=O)CCCC)[C@H](O)C(C)C)C(C)C)C(=O)N(C)C([C@@H](C)OC)C(=O)O[C@H](C)[C@H](NC(C)=O)C(=O)O[C@H](Cc2ccccc2)C(=O)N1C. The Bertz CT molecular complexity index is 2080. The molecule has 0 saturated carbocycles. The van der Waals surface area contributed by atoms with Gasteiger partial charge in [-0.3, -0.25) is 33.6 Å². The molecule has 2 rings (SSSR count). The quantitative estimate of drug-likeness (QED) is 0.108. The Balaban J connectivity index is 2.89. The molecule has 0 aromatic heterocycles. The topological polar surface area (TPSA) is 283 Å². The number of hydrogen-bond acceptors (Lipinski definition) is 16. The van der Waals surface area contributed by atoms with Gasteiger partial charge in [0.2, 0.25) is 29.7 Å². The molecule has 22 heteroatoms. The summed E-state index contributed by atoms with van der Waals surface area (Å²) in [6, 6.07) is 0.239. The van der Waals surface area contributed by atoms with Crippen LogP contribution in [0.15, 0.2) is 42.6 Å².